The summed E-state index contributed by atoms with van der Waals surface area (Å²) in [5.74, 6) is -1.56. The summed E-state index contributed by atoms with van der Waals surface area (Å²) in [6.07, 6.45) is -4.55. The highest BCUT2D eigenvalue weighted by Gasteiger charge is 2.33. The summed E-state index contributed by atoms with van der Waals surface area (Å²) in [4.78, 5) is 12.4. The minimum absolute atomic E-state index is 0.138. The van der Waals surface area contributed by atoms with Crippen LogP contribution in [0.1, 0.15) is 10.4 Å². The molecule has 19 heavy (non-hydrogen) atoms. The van der Waals surface area contributed by atoms with Gasteiger partial charge in [-0.1, -0.05) is 11.6 Å². The van der Waals surface area contributed by atoms with Crippen LogP contribution in [-0.4, -0.2) is 41.1 Å². The Balaban J connectivity index is 3.02. The van der Waals surface area contributed by atoms with Crippen molar-refractivity contribution in [1.29, 1.82) is 0 Å². The van der Waals surface area contributed by atoms with Crippen molar-refractivity contribution < 1.29 is 23.1 Å². The largest absolute Gasteiger partial charge is 0.507 e. The van der Waals surface area contributed by atoms with Crippen molar-refractivity contribution in [3.05, 3.63) is 28.8 Å². The molecule has 1 aromatic rings. The number of halogens is 5. The molecule has 1 amide bonds. The summed E-state index contributed by atoms with van der Waals surface area (Å²) in [6, 6.07) is 3.57. The Hall–Kier alpha value is -1.14. The molecule has 0 aliphatic rings. The van der Waals surface area contributed by atoms with E-state index in [0.29, 0.717) is 4.90 Å². The van der Waals surface area contributed by atoms with Gasteiger partial charge in [0.2, 0.25) is 0 Å². The molecule has 0 heterocycles. The van der Waals surface area contributed by atoms with Gasteiger partial charge < -0.3 is 10.0 Å². The number of carbonyl (C=O) groups is 1. The van der Waals surface area contributed by atoms with Crippen LogP contribution in [0.15, 0.2) is 18.2 Å². The van der Waals surface area contributed by atoms with E-state index >= 15 is 0 Å². The van der Waals surface area contributed by atoms with Gasteiger partial charge >= 0.3 is 6.18 Å². The first-order valence-corrected chi connectivity index (χ1v) is 6.06. The van der Waals surface area contributed by atoms with E-state index in [1.54, 1.807) is 0 Å². The Morgan fingerprint density at radius 2 is 2.00 bits per heavy atom. The molecule has 0 saturated heterocycles. The Labute approximate surface area is 117 Å². The number of aromatic hydroxyl groups is 1. The molecule has 0 atom stereocenters. The van der Waals surface area contributed by atoms with Gasteiger partial charge in [-0.05, 0) is 18.2 Å². The summed E-state index contributed by atoms with van der Waals surface area (Å²) >= 11 is 11.0. The first-order valence-electron chi connectivity index (χ1n) is 5.15. The molecule has 0 fully saturated rings. The van der Waals surface area contributed by atoms with Crippen LogP contribution < -0.4 is 0 Å². The zero-order valence-corrected chi connectivity index (χ0v) is 11.1. The molecule has 0 unspecified atom stereocenters. The number of alkyl halides is 4. The fourth-order valence-electron chi connectivity index (χ4n) is 1.42. The van der Waals surface area contributed by atoms with Crippen LogP contribution in [0.5, 0.6) is 5.75 Å². The standard InChI is InChI=1S/C11H10Cl2F3NO2/c12-3-4-17(6-11(14,15)16)10(19)8-5-7(13)1-2-9(8)18/h1-2,5,18H,3-4,6H2. The lowest BCUT2D eigenvalue weighted by Gasteiger charge is -2.23. The van der Waals surface area contributed by atoms with Crippen LogP contribution in [0, 0.1) is 0 Å². The third-order valence-electron chi connectivity index (χ3n) is 2.20. The number of carbonyl (C=O) groups excluding carboxylic acids is 1. The van der Waals surface area contributed by atoms with Crippen molar-refractivity contribution in [2.45, 2.75) is 6.18 Å². The van der Waals surface area contributed by atoms with E-state index in [4.69, 9.17) is 23.2 Å². The molecular formula is C11H10Cl2F3NO2. The van der Waals surface area contributed by atoms with Crippen LogP contribution in [-0.2, 0) is 0 Å². The molecule has 0 bridgehead atoms. The van der Waals surface area contributed by atoms with Gasteiger partial charge in [-0.25, -0.2) is 0 Å². The molecule has 0 aliphatic heterocycles. The van der Waals surface area contributed by atoms with Gasteiger partial charge in [0, 0.05) is 17.4 Å². The van der Waals surface area contributed by atoms with Crippen molar-refractivity contribution in [3.63, 3.8) is 0 Å². The second kappa shape index (κ2) is 6.34. The van der Waals surface area contributed by atoms with Crippen molar-refractivity contribution in [2.75, 3.05) is 19.0 Å². The maximum absolute atomic E-state index is 12.4. The average Bonchev–Trinajstić information content (AvgIpc) is 2.29. The molecule has 0 aromatic heterocycles. The monoisotopic (exact) mass is 315 g/mol. The molecule has 3 nitrogen and oxygen atoms in total. The normalized spacial score (nSPS) is 11.4. The molecule has 1 aromatic carbocycles. The summed E-state index contributed by atoms with van der Waals surface area (Å²) in [5.41, 5.74) is -0.290. The van der Waals surface area contributed by atoms with E-state index in [0.717, 1.165) is 12.1 Å². The van der Waals surface area contributed by atoms with E-state index in [2.05, 4.69) is 0 Å². The number of hydrogen-bond donors (Lipinski definition) is 1. The third-order valence-corrected chi connectivity index (χ3v) is 2.60. The van der Waals surface area contributed by atoms with Crippen LogP contribution in [0.4, 0.5) is 13.2 Å². The molecular weight excluding hydrogens is 306 g/mol. The molecule has 0 aliphatic carbocycles. The predicted molar refractivity (Wildman–Crippen MR) is 65.8 cm³/mol. The lowest BCUT2D eigenvalue weighted by atomic mass is 10.1. The summed E-state index contributed by atoms with van der Waals surface area (Å²) < 4.78 is 37.1. The van der Waals surface area contributed by atoms with Crippen LogP contribution >= 0.6 is 23.2 Å². The molecule has 0 spiro atoms. The average molecular weight is 316 g/mol. The first-order chi connectivity index (χ1) is 8.74. The van der Waals surface area contributed by atoms with Gasteiger partial charge in [-0.3, -0.25) is 4.79 Å². The minimum Gasteiger partial charge on any atom is -0.507 e. The fourth-order valence-corrected chi connectivity index (χ4v) is 1.80. The maximum Gasteiger partial charge on any atom is 0.406 e. The summed E-state index contributed by atoms with van der Waals surface area (Å²) in [7, 11) is 0. The van der Waals surface area contributed by atoms with Crippen LogP contribution in [0.3, 0.4) is 0 Å². The van der Waals surface area contributed by atoms with E-state index < -0.39 is 24.4 Å². The highest BCUT2D eigenvalue weighted by molar-refractivity contribution is 6.31. The Morgan fingerprint density at radius 3 is 2.53 bits per heavy atom. The Bertz CT molecular complexity index is 466. The van der Waals surface area contributed by atoms with Crippen LogP contribution in [0.2, 0.25) is 5.02 Å². The highest BCUT2D eigenvalue weighted by Crippen LogP contribution is 2.25. The zero-order valence-electron chi connectivity index (χ0n) is 9.55. The van der Waals surface area contributed by atoms with Gasteiger partial charge in [0.1, 0.15) is 12.3 Å². The van der Waals surface area contributed by atoms with Gasteiger partial charge in [-0.15, -0.1) is 11.6 Å². The second-order valence-electron chi connectivity index (χ2n) is 3.69. The fraction of sp³-hybridized carbons (Fsp3) is 0.364. The molecule has 1 rings (SSSR count). The Kier molecular flexibility index (Phi) is 5.31. The van der Waals surface area contributed by atoms with E-state index in [9.17, 15) is 23.1 Å². The zero-order chi connectivity index (χ0) is 14.6. The lowest BCUT2D eigenvalue weighted by Crippen LogP contribution is -2.40. The molecule has 0 saturated carbocycles. The van der Waals surface area contributed by atoms with Crippen LogP contribution in [0.25, 0.3) is 0 Å². The predicted octanol–water partition coefficient (Wildman–Crippen LogP) is 3.29. The van der Waals surface area contributed by atoms with Crippen molar-refractivity contribution in [3.8, 4) is 5.75 Å². The van der Waals surface area contributed by atoms with Gasteiger partial charge in [-0.2, -0.15) is 13.2 Å². The number of amides is 1. The number of nitrogens with zero attached hydrogens (tertiary/aromatic N) is 1. The van der Waals surface area contributed by atoms with Gasteiger partial charge in [0.15, 0.2) is 0 Å². The number of phenols is 1. The first kappa shape index (κ1) is 15.9. The molecule has 8 heteroatoms. The van der Waals surface area contributed by atoms with E-state index in [1.807, 2.05) is 0 Å². The lowest BCUT2D eigenvalue weighted by molar-refractivity contribution is -0.140. The molecule has 1 N–H and O–H groups in total. The van der Waals surface area contributed by atoms with Crippen molar-refractivity contribution in [2.24, 2.45) is 0 Å². The third kappa shape index (κ3) is 4.80. The Morgan fingerprint density at radius 1 is 1.37 bits per heavy atom. The van der Waals surface area contributed by atoms with Crippen molar-refractivity contribution >= 4 is 29.1 Å². The van der Waals surface area contributed by atoms with Crippen molar-refractivity contribution in [1.82, 2.24) is 4.90 Å². The maximum atomic E-state index is 12.4. The second-order valence-corrected chi connectivity index (χ2v) is 4.51. The quantitative estimate of drug-likeness (QED) is 0.866. The topological polar surface area (TPSA) is 40.5 Å². The summed E-state index contributed by atoms with van der Waals surface area (Å²) in [6.45, 7) is -1.73. The van der Waals surface area contributed by atoms with Gasteiger partial charge in [0.05, 0.1) is 5.56 Å². The minimum atomic E-state index is -4.55. The number of rotatable bonds is 4. The number of benzene rings is 1. The SMILES string of the molecule is O=C(c1cc(Cl)ccc1O)N(CCCl)CC(F)(F)F. The number of hydrogen-bond acceptors (Lipinski definition) is 2. The summed E-state index contributed by atoms with van der Waals surface area (Å²) in [5, 5.41) is 9.64. The smallest absolute Gasteiger partial charge is 0.406 e. The van der Waals surface area contributed by atoms with E-state index in [1.165, 1.54) is 6.07 Å². The highest BCUT2D eigenvalue weighted by atomic mass is 35.5. The van der Waals surface area contributed by atoms with E-state index in [-0.39, 0.29) is 23.0 Å². The molecule has 106 valence electrons. The molecule has 0 radical (unpaired) electrons. The number of phenolic OH excluding ortho intramolecular Hbond substituents is 1. The van der Waals surface area contributed by atoms with Gasteiger partial charge in [0.25, 0.3) is 5.91 Å².